The molecule has 1 aromatic heterocycles. The Morgan fingerprint density at radius 2 is 1.40 bits per heavy atom. The predicted molar refractivity (Wildman–Crippen MR) is 164 cm³/mol. The lowest BCUT2D eigenvalue weighted by molar-refractivity contribution is 0.0257. The van der Waals surface area contributed by atoms with Crippen LogP contribution in [-0.4, -0.2) is 24.0 Å². The average molecular weight is 529 g/mol. The Hall–Kier alpha value is -4.31. The number of hydrogen-bond donors (Lipinski definition) is 1. The summed E-state index contributed by atoms with van der Waals surface area (Å²) in [6.07, 6.45) is 4.66. The highest BCUT2D eigenvalue weighted by Crippen LogP contribution is 2.52. The number of cyclic esters (lactones) is 1. The fourth-order valence-corrected chi connectivity index (χ4v) is 6.07. The molecule has 4 aromatic carbocycles. The van der Waals surface area contributed by atoms with Crippen LogP contribution in [0.25, 0.3) is 22.2 Å². The molecule has 0 radical (unpaired) electrons. The SMILES string of the molecule is CCCCN(CCCC)c1ccc(C2(c3c(-c4ccccc4)[nH]c4ccccc34)OC(=O)c3ccccc32)cc1. The molecule has 0 amide bonds. The number of aromatic amines is 1. The Morgan fingerprint density at radius 1 is 0.750 bits per heavy atom. The van der Waals surface area contributed by atoms with Gasteiger partial charge in [0.1, 0.15) is 0 Å². The Kier molecular flexibility index (Phi) is 7.17. The van der Waals surface area contributed by atoms with Crippen LogP contribution in [0.15, 0.2) is 103 Å². The summed E-state index contributed by atoms with van der Waals surface area (Å²) < 4.78 is 6.58. The minimum atomic E-state index is -1.09. The van der Waals surface area contributed by atoms with Gasteiger partial charge >= 0.3 is 5.97 Å². The third-order valence-electron chi connectivity index (χ3n) is 8.09. The first kappa shape index (κ1) is 25.9. The molecule has 0 fully saturated rings. The maximum Gasteiger partial charge on any atom is 0.340 e. The van der Waals surface area contributed by atoms with E-state index in [-0.39, 0.29) is 5.97 Å². The highest BCUT2D eigenvalue weighted by molar-refractivity contribution is 6.00. The van der Waals surface area contributed by atoms with Crippen molar-refractivity contribution < 1.29 is 9.53 Å². The van der Waals surface area contributed by atoms with Gasteiger partial charge < -0.3 is 14.6 Å². The van der Waals surface area contributed by atoms with E-state index in [2.05, 4.69) is 72.3 Å². The number of carbonyl (C=O) groups is 1. The number of nitrogens with zero attached hydrogens (tertiary/aromatic N) is 1. The van der Waals surface area contributed by atoms with Crippen molar-refractivity contribution in [1.29, 1.82) is 0 Å². The maximum atomic E-state index is 13.5. The van der Waals surface area contributed by atoms with Gasteiger partial charge in [0.2, 0.25) is 0 Å². The number of nitrogens with one attached hydrogen (secondary N) is 1. The van der Waals surface area contributed by atoms with E-state index in [0.29, 0.717) is 5.56 Å². The molecule has 1 N–H and O–H groups in total. The van der Waals surface area contributed by atoms with Crippen molar-refractivity contribution in [3.05, 3.63) is 125 Å². The van der Waals surface area contributed by atoms with E-state index in [9.17, 15) is 4.79 Å². The summed E-state index contributed by atoms with van der Waals surface area (Å²) >= 11 is 0. The fourth-order valence-electron chi connectivity index (χ4n) is 6.07. The number of esters is 1. The molecule has 0 aliphatic carbocycles. The zero-order valence-corrected chi connectivity index (χ0v) is 23.3. The minimum Gasteiger partial charge on any atom is -0.440 e. The summed E-state index contributed by atoms with van der Waals surface area (Å²) in [6, 6.07) is 35.2. The number of aromatic nitrogens is 1. The summed E-state index contributed by atoms with van der Waals surface area (Å²) in [6.45, 7) is 6.56. The van der Waals surface area contributed by atoms with Crippen LogP contribution in [-0.2, 0) is 10.3 Å². The van der Waals surface area contributed by atoms with Gasteiger partial charge in [0, 0.05) is 46.4 Å². The topological polar surface area (TPSA) is 45.3 Å². The second kappa shape index (κ2) is 11.1. The lowest BCUT2D eigenvalue weighted by Crippen LogP contribution is -2.30. The van der Waals surface area contributed by atoms with E-state index in [0.717, 1.165) is 64.8 Å². The van der Waals surface area contributed by atoms with Crippen molar-refractivity contribution in [1.82, 2.24) is 4.98 Å². The highest BCUT2D eigenvalue weighted by Gasteiger charge is 2.51. The molecule has 5 aromatic rings. The zero-order chi connectivity index (χ0) is 27.5. The Balaban J connectivity index is 1.58. The monoisotopic (exact) mass is 528 g/mol. The van der Waals surface area contributed by atoms with Crippen molar-refractivity contribution in [3.8, 4) is 11.3 Å². The van der Waals surface area contributed by atoms with Crippen LogP contribution in [0.3, 0.4) is 0 Å². The van der Waals surface area contributed by atoms with Crippen LogP contribution < -0.4 is 4.90 Å². The van der Waals surface area contributed by atoms with Crippen LogP contribution in [0, 0.1) is 0 Å². The van der Waals surface area contributed by atoms with Gasteiger partial charge in [-0.1, -0.05) is 106 Å². The van der Waals surface area contributed by atoms with E-state index in [1.165, 1.54) is 18.5 Å². The molecule has 0 saturated carbocycles. The van der Waals surface area contributed by atoms with Crippen LogP contribution in [0.5, 0.6) is 0 Å². The van der Waals surface area contributed by atoms with Crippen LogP contribution in [0.1, 0.15) is 66.6 Å². The Labute approximate surface area is 236 Å². The molecule has 0 spiro atoms. The minimum absolute atomic E-state index is 0.295. The number of anilines is 1. The van der Waals surface area contributed by atoms with Crippen molar-refractivity contribution in [2.24, 2.45) is 0 Å². The number of carbonyl (C=O) groups excluding carboxylic acids is 1. The molecular weight excluding hydrogens is 492 g/mol. The summed E-state index contributed by atoms with van der Waals surface area (Å²) in [5.41, 5.74) is 6.55. The van der Waals surface area contributed by atoms with Gasteiger partial charge in [-0.2, -0.15) is 0 Å². The number of fused-ring (bicyclic) bond motifs is 2. The summed E-state index contributed by atoms with van der Waals surface area (Å²) in [4.78, 5) is 19.7. The van der Waals surface area contributed by atoms with E-state index in [1.54, 1.807) is 0 Å². The van der Waals surface area contributed by atoms with Gasteiger partial charge in [-0.15, -0.1) is 0 Å². The predicted octanol–water partition coefficient (Wildman–Crippen LogP) is 8.70. The maximum absolute atomic E-state index is 13.5. The largest absolute Gasteiger partial charge is 0.440 e. The van der Waals surface area contributed by atoms with Crippen molar-refractivity contribution in [2.75, 3.05) is 18.0 Å². The summed E-state index contributed by atoms with van der Waals surface area (Å²) in [5.74, 6) is -0.295. The van der Waals surface area contributed by atoms with Crippen LogP contribution >= 0.6 is 0 Å². The van der Waals surface area contributed by atoms with Gasteiger partial charge in [0.15, 0.2) is 5.60 Å². The van der Waals surface area contributed by atoms with Crippen LogP contribution in [0.2, 0.25) is 0 Å². The van der Waals surface area contributed by atoms with Gasteiger partial charge in [-0.25, -0.2) is 4.79 Å². The number of rotatable bonds is 10. The second-order valence-corrected chi connectivity index (χ2v) is 10.6. The van der Waals surface area contributed by atoms with Gasteiger partial charge in [0.05, 0.1) is 11.3 Å². The van der Waals surface area contributed by atoms with Crippen molar-refractivity contribution in [2.45, 2.75) is 45.1 Å². The molecular formula is C36H36N2O2. The van der Waals surface area contributed by atoms with E-state index >= 15 is 0 Å². The number of ether oxygens (including phenoxy) is 1. The lowest BCUT2D eigenvalue weighted by atomic mass is 9.77. The number of unbranched alkanes of at least 4 members (excludes halogenated alkanes) is 2. The molecule has 0 bridgehead atoms. The van der Waals surface area contributed by atoms with Crippen molar-refractivity contribution >= 4 is 22.6 Å². The normalized spacial score (nSPS) is 16.2. The standard InChI is InChI=1S/C36H36N2O2/c1-3-5-24-38(25-6-4-2)28-22-20-27(21-23-28)36(31-18-12-10-16-29(31)35(39)40-36)33-30-17-11-13-19-32(30)37-34(33)26-14-8-7-9-15-26/h7-23,37H,3-6,24-25H2,1-2H3. The van der Waals surface area contributed by atoms with E-state index in [1.807, 2.05) is 54.6 Å². The van der Waals surface area contributed by atoms with E-state index in [4.69, 9.17) is 4.74 Å². The quantitative estimate of drug-likeness (QED) is 0.184. The molecule has 1 aliphatic rings. The first-order valence-electron chi connectivity index (χ1n) is 14.5. The number of hydrogen-bond acceptors (Lipinski definition) is 3. The Bertz CT molecular complexity index is 1610. The van der Waals surface area contributed by atoms with Crippen molar-refractivity contribution in [3.63, 3.8) is 0 Å². The van der Waals surface area contributed by atoms with Gasteiger partial charge in [0.25, 0.3) is 0 Å². The third kappa shape index (κ3) is 4.38. The average Bonchev–Trinajstić information content (AvgIpc) is 3.54. The molecule has 2 heterocycles. The molecule has 202 valence electrons. The molecule has 1 unspecified atom stereocenters. The fraction of sp³-hybridized carbons (Fsp3) is 0.250. The summed E-state index contributed by atoms with van der Waals surface area (Å²) in [7, 11) is 0. The molecule has 0 saturated heterocycles. The molecule has 1 atom stereocenters. The number of para-hydroxylation sites is 1. The molecule has 4 nitrogen and oxygen atoms in total. The molecule has 1 aliphatic heterocycles. The number of H-pyrrole nitrogens is 1. The zero-order valence-electron chi connectivity index (χ0n) is 23.3. The van der Waals surface area contributed by atoms with E-state index < -0.39 is 5.60 Å². The smallest absolute Gasteiger partial charge is 0.340 e. The third-order valence-corrected chi connectivity index (χ3v) is 8.09. The first-order chi connectivity index (χ1) is 19.7. The number of benzene rings is 4. The first-order valence-corrected chi connectivity index (χ1v) is 14.5. The molecule has 6 rings (SSSR count). The molecule has 4 heteroatoms. The van der Waals surface area contributed by atoms with Gasteiger partial charge in [-0.05, 0) is 42.7 Å². The molecule has 40 heavy (non-hydrogen) atoms. The lowest BCUT2D eigenvalue weighted by Gasteiger charge is -2.32. The second-order valence-electron chi connectivity index (χ2n) is 10.6. The summed E-state index contributed by atoms with van der Waals surface area (Å²) in [5, 5.41) is 1.04. The highest BCUT2D eigenvalue weighted by atomic mass is 16.6. The van der Waals surface area contributed by atoms with Gasteiger partial charge in [-0.3, -0.25) is 0 Å². The van der Waals surface area contributed by atoms with Crippen LogP contribution in [0.4, 0.5) is 5.69 Å². The Morgan fingerprint density at radius 3 is 2.12 bits per heavy atom.